The first-order valence-corrected chi connectivity index (χ1v) is 8.75. The average molecular weight is 422 g/mol. The summed E-state index contributed by atoms with van der Waals surface area (Å²) in [5.41, 5.74) is 0.418. The van der Waals surface area contributed by atoms with E-state index in [1.54, 1.807) is 17.0 Å². The van der Waals surface area contributed by atoms with Crippen molar-refractivity contribution in [3.8, 4) is 0 Å². The zero-order chi connectivity index (χ0) is 18.7. The minimum absolute atomic E-state index is 0.0901. The Morgan fingerprint density at radius 3 is 2.62 bits per heavy atom. The number of hydrogen-bond acceptors (Lipinski definition) is 7. The SMILES string of the molecule is O=C(O)C1CCN(c2ncnc(Nc3ccccc3Br)c2[N+](=O)[O-])CC1. The predicted octanol–water partition coefficient (Wildman–Crippen LogP) is 3.19. The Morgan fingerprint density at radius 1 is 1.31 bits per heavy atom. The summed E-state index contributed by atoms with van der Waals surface area (Å²) in [6, 6.07) is 7.22. The van der Waals surface area contributed by atoms with Crippen LogP contribution < -0.4 is 10.2 Å². The zero-order valence-electron chi connectivity index (χ0n) is 13.6. The van der Waals surface area contributed by atoms with Crippen molar-refractivity contribution < 1.29 is 14.8 Å². The lowest BCUT2D eigenvalue weighted by Gasteiger charge is -2.30. The summed E-state index contributed by atoms with van der Waals surface area (Å²) in [7, 11) is 0. The number of aromatic nitrogens is 2. The maximum Gasteiger partial charge on any atom is 0.353 e. The third-order valence-corrected chi connectivity index (χ3v) is 4.95. The molecule has 0 aliphatic carbocycles. The molecule has 10 heteroatoms. The van der Waals surface area contributed by atoms with E-state index in [2.05, 4.69) is 31.2 Å². The van der Waals surface area contributed by atoms with Crippen LogP contribution in [0.25, 0.3) is 0 Å². The lowest BCUT2D eigenvalue weighted by Crippen LogP contribution is -2.37. The van der Waals surface area contributed by atoms with Gasteiger partial charge in [-0.15, -0.1) is 0 Å². The number of carboxylic acid groups (broad SMARTS) is 1. The van der Waals surface area contributed by atoms with E-state index in [0.717, 1.165) is 4.47 Å². The summed E-state index contributed by atoms with van der Waals surface area (Å²) in [6.45, 7) is 0.784. The molecule has 0 saturated carbocycles. The lowest BCUT2D eigenvalue weighted by atomic mass is 9.97. The van der Waals surface area contributed by atoms with Crippen LogP contribution in [-0.2, 0) is 4.79 Å². The number of piperidine rings is 1. The molecule has 9 nitrogen and oxygen atoms in total. The Balaban J connectivity index is 1.91. The minimum atomic E-state index is -0.835. The molecule has 1 aliphatic rings. The molecule has 2 heterocycles. The van der Waals surface area contributed by atoms with Gasteiger partial charge in [-0.1, -0.05) is 12.1 Å². The van der Waals surface area contributed by atoms with Crippen molar-refractivity contribution in [3.05, 3.63) is 45.2 Å². The average Bonchev–Trinajstić information content (AvgIpc) is 2.63. The standard InChI is InChI=1S/C16H16BrN5O4/c17-11-3-1-2-4-12(11)20-14-13(22(25)26)15(19-9-18-14)21-7-5-10(6-8-21)16(23)24/h1-4,9-10H,5-8H2,(H,23,24)(H,18,19,20). The molecule has 1 saturated heterocycles. The predicted molar refractivity (Wildman–Crippen MR) is 98.7 cm³/mol. The molecule has 1 fully saturated rings. The van der Waals surface area contributed by atoms with Crippen molar-refractivity contribution in [1.82, 2.24) is 9.97 Å². The molecule has 0 radical (unpaired) electrons. The smallest absolute Gasteiger partial charge is 0.353 e. The second kappa shape index (κ2) is 7.65. The van der Waals surface area contributed by atoms with Crippen LogP contribution in [0.3, 0.4) is 0 Å². The monoisotopic (exact) mass is 421 g/mol. The van der Waals surface area contributed by atoms with Crippen molar-refractivity contribution in [2.45, 2.75) is 12.8 Å². The van der Waals surface area contributed by atoms with E-state index in [1.807, 2.05) is 12.1 Å². The molecular formula is C16H16BrN5O4. The van der Waals surface area contributed by atoms with Crippen molar-refractivity contribution in [2.24, 2.45) is 5.92 Å². The summed E-state index contributed by atoms with van der Waals surface area (Å²) in [4.78, 5) is 32.1. The van der Waals surface area contributed by atoms with Gasteiger partial charge in [-0.05, 0) is 40.9 Å². The minimum Gasteiger partial charge on any atom is -0.481 e. The third-order valence-electron chi connectivity index (χ3n) is 4.26. The number of hydrogen-bond donors (Lipinski definition) is 2. The molecular weight excluding hydrogens is 406 g/mol. The van der Waals surface area contributed by atoms with Gasteiger partial charge in [-0.2, -0.15) is 0 Å². The van der Waals surface area contributed by atoms with E-state index in [1.165, 1.54) is 6.33 Å². The van der Waals surface area contributed by atoms with Crippen molar-refractivity contribution in [1.29, 1.82) is 0 Å². The fraction of sp³-hybridized carbons (Fsp3) is 0.312. The zero-order valence-corrected chi connectivity index (χ0v) is 15.2. The largest absolute Gasteiger partial charge is 0.481 e. The van der Waals surface area contributed by atoms with E-state index in [9.17, 15) is 14.9 Å². The highest BCUT2D eigenvalue weighted by Gasteiger charge is 2.31. The van der Waals surface area contributed by atoms with Crippen molar-refractivity contribution >= 4 is 44.9 Å². The first kappa shape index (κ1) is 18.1. The van der Waals surface area contributed by atoms with Gasteiger partial charge >= 0.3 is 11.7 Å². The second-order valence-corrected chi connectivity index (χ2v) is 6.71. The third kappa shape index (κ3) is 3.74. The van der Waals surface area contributed by atoms with Gasteiger partial charge in [-0.3, -0.25) is 14.9 Å². The van der Waals surface area contributed by atoms with Crippen LogP contribution in [0.1, 0.15) is 12.8 Å². The molecule has 1 aromatic carbocycles. The number of aliphatic carboxylic acids is 1. The van der Waals surface area contributed by atoms with E-state index in [0.29, 0.717) is 31.6 Å². The highest BCUT2D eigenvalue weighted by Crippen LogP contribution is 2.36. The summed E-state index contributed by atoms with van der Waals surface area (Å²) in [5.74, 6) is -0.973. The molecule has 1 aliphatic heterocycles. The molecule has 0 bridgehead atoms. The van der Waals surface area contributed by atoms with Gasteiger partial charge < -0.3 is 15.3 Å². The molecule has 2 N–H and O–H groups in total. The van der Waals surface area contributed by atoms with E-state index < -0.39 is 16.8 Å². The lowest BCUT2D eigenvalue weighted by molar-refractivity contribution is -0.383. The Hall–Kier alpha value is -2.75. The van der Waals surface area contributed by atoms with Gasteiger partial charge in [0.25, 0.3) is 0 Å². The Kier molecular flexibility index (Phi) is 5.31. The Morgan fingerprint density at radius 2 is 2.00 bits per heavy atom. The first-order chi connectivity index (χ1) is 12.5. The number of anilines is 3. The number of carboxylic acids is 1. The molecule has 26 heavy (non-hydrogen) atoms. The van der Waals surface area contributed by atoms with Crippen LogP contribution in [-0.4, -0.2) is 39.1 Å². The summed E-state index contributed by atoms with van der Waals surface area (Å²) < 4.78 is 0.747. The molecule has 0 atom stereocenters. The quantitative estimate of drug-likeness (QED) is 0.557. The molecule has 136 valence electrons. The Bertz CT molecular complexity index is 839. The summed E-state index contributed by atoms with van der Waals surface area (Å²) >= 11 is 3.39. The number of nitrogens with zero attached hydrogens (tertiary/aromatic N) is 4. The molecule has 0 amide bonds. The number of carbonyl (C=O) groups is 1. The molecule has 3 rings (SSSR count). The number of para-hydroxylation sites is 1. The Labute approximate surface area is 157 Å². The van der Waals surface area contributed by atoms with Crippen molar-refractivity contribution in [2.75, 3.05) is 23.3 Å². The van der Waals surface area contributed by atoms with Crippen molar-refractivity contribution in [3.63, 3.8) is 0 Å². The maximum atomic E-state index is 11.7. The van der Waals surface area contributed by atoms with Crippen LogP contribution in [0.5, 0.6) is 0 Å². The number of halogens is 1. The first-order valence-electron chi connectivity index (χ1n) is 7.96. The number of nitrogens with one attached hydrogen (secondary N) is 1. The van der Waals surface area contributed by atoms with Gasteiger partial charge in [0.05, 0.1) is 16.5 Å². The van der Waals surface area contributed by atoms with Gasteiger partial charge in [0.1, 0.15) is 6.33 Å². The molecule has 0 spiro atoms. The molecule has 0 unspecified atom stereocenters. The van der Waals surface area contributed by atoms with Crippen LogP contribution >= 0.6 is 15.9 Å². The van der Waals surface area contributed by atoms with E-state index >= 15 is 0 Å². The number of nitro groups is 1. The highest BCUT2D eigenvalue weighted by atomic mass is 79.9. The fourth-order valence-corrected chi connectivity index (χ4v) is 3.27. The van der Waals surface area contributed by atoms with Gasteiger partial charge in [0.2, 0.25) is 11.6 Å². The number of benzene rings is 1. The van der Waals surface area contributed by atoms with Gasteiger partial charge in [-0.25, -0.2) is 9.97 Å². The number of rotatable bonds is 5. The summed E-state index contributed by atoms with van der Waals surface area (Å²) in [6.07, 6.45) is 2.11. The van der Waals surface area contributed by atoms with Gasteiger partial charge in [0, 0.05) is 17.6 Å². The van der Waals surface area contributed by atoms with Crippen LogP contribution in [0.4, 0.5) is 23.0 Å². The highest BCUT2D eigenvalue weighted by molar-refractivity contribution is 9.10. The van der Waals surface area contributed by atoms with Crippen LogP contribution in [0.2, 0.25) is 0 Å². The topological polar surface area (TPSA) is 121 Å². The van der Waals surface area contributed by atoms with Crippen LogP contribution in [0, 0.1) is 16.0 Å². The van der Waals surface area contributed by atoms with E-state index in [4.69, 9.17) is 5.11 Å². The molecule has 2 aromatic rings. The second-order valence-electron chi connectivity index (χ2n) is 5.86. The molecule has 1 aromatic heterocycles. The normalized spacial score (nSPS) is 14.9. The van der Waals surface area contributed by atoms with E-state index in [-0.39, 0.29) is 17.3 Å². The summed E-state index contributed by atoms with van der Waals surface area (Å²) in [5, 5.41) is 23.8. The fourth-order valence-electron chi connectivity index (χ4n) is 2.89. The van der Waals surface area contributed by atoms with Crippen LogP contribution in [0.15, 0.2) is 35.1 Å². The van der Waals surface area contributed by atoms with Gasteiger partial charge in [0.15, 0.2) is 0 Å². The maximum absolute atomic E-state index is 11.7.